The number of ether oxygens (including phenoxy) is 1. The standard InChI is InChI=1S/C18H23N3O4/c1-12-4-3-5-13(10-12)19-18(24)21-8-6-20(7-9-21)16(22)14-11-15(14)17(23)25-2/h3-5,10,14-15H,6-9,11H2,1-2H3,(H,19,24)/t14-,15-/m1/s1. The molecule has 2 atom stereocenters. The average molecular weight is 345 g/mol. The number of anilines is 1. The van der Waals surface area contributed by atoms with E-state index in [0.717, 1.165) is 11.3 Å². The fourth-order valence-corrected chi connectivity index (χ4v) is 3.17. The maximum absolute atomic E-state index is 12.4. The number of esters is 1. The van der Waals surface area contributed by atoms with Crippen molar-refractivity contribution in [3.05, 3.63) is 29.8 Å². The Hall–Kier alpha value is -2.57. The number of nitrogens with zero attached hydrogens (tertiary/aromatic N) is 2. The molecule has 1 N–H and O–H groups in total. The van der Waals surface area contributed by atoms with Gasteiger partial charge in [0.15, 0.2) is 0 Å². The summed E-state index contributed by atoms with van der Waals surface area (Å²) in [5.41, 5.74) is 1.85. The summed E-state index contributed by atoms with van der Waals surface area (Å²) in [5, 5.41) is 2.88. The smallest absolute Gasteiger partial charge is 0.321 e. The van der Waals surface area contributed by atoms with Gasteiger partial charge in [-0.15, -0.1) is 0 Å². The number of methoxy groups -OCH3 is 1. The lowest BCUT2D eigenvalue weighted by Crippen LogP contribution is -2.52. The van der Waals surface area contributed by atoms with Gasteiger partial charge in [-0.1, -0.05) is 12.1 Å². The van der Waals surface area contributed by atoms with Crippen molar-refractivity contribution in [3.63, 3.8) is 0 Å². The van der Waals surface area contributed by atoms with Crippen LogP contribution in [0.2, 0.25) is 0 Å². The minimum atomic E-state index is -0.311. The van der Waals surface area contributed by atoms with Crippen molar-refractivity contribution in [2.75, 3.05) is 38.6 Å². The van der Waals surface area contributed by atoms with E-state index in [1.807, 2.05) is 31.2 Å². The first kappa shape index (κ1) is 17.3. The number of rotatable bonds is 3. The lowest BCUT2D eigenvalue weighted by molar-refractivity contribution is -0.145. The van der Waals surface area contributed by atoms with Crippen LogP contribution in [0.4, 0.5) is 10.5 Å². The minimum absolute atomic E-state index is 0.00542. The first-order valence-electron chi connectivity index (χ1n) is 8.49. The first-order chi connectivity index (χ1) is 12.0. The van der Waals surface area contributed by atoms with Gasteiger partial charge in [0.1, 0.15) is 0 Å². The van der Waals surface area contributed by atoms with Crippen LogP contribution in [-0.2, 0) is 14.3 Å². The maximum atomic E-state index is 12.4. The predicted octanol–water partition coefficient (Wildman–Crippen LogP) is 1.48. The van der Waals surface area contributed by atoms with Crippen LogP contribution in [0.1, 0.15) is 12.0 Å². The van der Waals surface area contributed by atoms with Crippen molar-refractivity contribution < 1.29 is 19.1 Å². The summed E-state index contributed by atoms with van der Waals surface area (Å²) in [6.07, 6.45) is 0.569. The predicted molar refractivity (Wildman–Crippen MR) is 92.0 cm³/mol. The SMILES string of the molecule is COC(=O)[C@@H]1C[C@H]1C(=O)N1CCN(C(=O)Nc2cccc(C)c2)CC1. The molecule has 1 aliphatic heterocycles. The molecular formula is C18H23N3O4. The number of aryl methyl sites for hydroxylation is 1. The van der Waals surface area contributed by atoms with Gasteiger partial charge in [0.25, 0.3) is 0 Å². The lowest BCUT2D eigenvalue weighted by atomic mass is 10.2. The average Bonchev–Trinajstić information content (AvgIpc) is 3.41. The Balaban J connectivity index is 1.48. The van der Waals surface area contributed by atoms with Crippen molar-refractivity contribution in [2.45, 2.75) is 13.3 Å². The maximum Gasteiger partial charge on any atom is 0.321 e. The highest BCUT2D eigenvalue weighted by Gasteiger charge is 2.50. The molecule has 1 saturated carbocycles. The molecule has 7 heteroatoms. The number of carbonyl (C=O) groups is 3. The zero-order valence-electron chi connectivity index (χ0n) is 14.5. The molecule has 25 heavy (non-hydrogen) atoms. The fraction of sp³-hybridized carbons (Fsp3) is 0.500. The molecule has 0 unspecified atom stereocenters. The highest BCUT2D eigenvalue weighted by Crippen LogP contribution is 2.40. The second-order valence-corrected chi connectivity index (χ2v) is 6.58. The number of hydrogen-bond donors (Lipinski definition) is 1. The number of benzene rings is 1. The van der Waals surface area contributed by atoms with Crippen molar-refractivity contribution in [1.82, 2.24) is 9.80 Å². The Morgan fingerprint density at radius 1 is 1.08 bits per heavy atom. The Kier molecular flexibility index (Phi) is 4.92. The fourth-order valence-electron chi connectivity index (χ4n) is 3.17. The van der Waals surface area contributed by atoms with Gasteiger partial charge in [0.05, 0.1) is 18.9 Å². The molecule has 3 amide bonds. The number of amides is 3. The zero-order chi connectivity index (χ0) is 18.0. The van der Waals surface area contributed by atoms with E-state index in [9.17, 15) is 14.4 Å². The van der Waals surface area contributed by atoms with Crippen LogP contribution in [0.25, 0.3) is 0 Å². The monoisotopic (exact) mass is 345 g/mol. The van der Waals surface area contributed by atoms with E-state index in [1.165, 1.54) is 7.11 Å². The van der Waals surface area contributed by atoms with E-state index in [1.54, 1.807) is 9.80 Å². The highest BCUT2D eigenvalue weighted by molar-refractivity contribution is 5.91. The van der Waals surface area contributed by atoms with Crippen molar-refractivity contribution >= 4 is 23.6 Å². The van der Waals surface area contributed by atoms with Crippen LogP contribution < -0.4 is 5.32 Å². The molecule has 0 radical (unpaired) electrons. The number of urea groups is 1. The van der Waals surface area contributed by atoms with Crippen molar-refractivity contribution in [1.29, 1.82) is 0 Å². The van der Waals surface area contributed by atoms with Crippen LogP contribution in [0, 0.1) is 18.8 Å². The molecule has 0 spiro atoms. The van der Waals surface area contributed by atoms with Crippen LogP contribution in [-0.4, -0.2) is 61.0 Å². The van der Waals surface area contributed by atoms with Gasteiger partial charge >= 0.3 is 12.0 Å². The van der Waals surface area contributed by atoms with E-state index >= 15 is 0 Å². The number of piperazine rings is 1. The normalized spacial score (nSPS) is 22.3. The van der Waals surface area contributed by atoms with Gasteiger partial charge in [-0.05, 0) is 31.0 Å². The second kappa shape index (κ2) is 7.13. The quantitative estimate of drug-likeness (QED) is 0.842. The van der Waals surface area contributed by atoms with E-state index < -0.39 is 0 Å². The molecule has 1 aromatic rings. The number of carbonyl (C=O) groups excluding carboxylic acids is 3. The third-order valence-electron chi connectivity index (χ3n) is 4.76. The third kappa shape index (κ3) is 3.92. The van der Waals surface area contributed by atoms with E-state index in [2.05, 4.69) is 10.1 Å². The van der Waals surface area contributed by atoms with Crippen molar-refractivity contribution in [2.24, 2.45) is 11.8 Å². The van der Waals surface area contributed by atoms with Crippen molar-refractivity contribution in [3.8, 4) is 0 Å². The highest BCUT2D eigenvalue weighted by atomic mass is 16.5. The topological polar surface area (TPSA) is 79.0 Å². The Morgan fingerprint density at radius 3 is 2.40 bits per heavy atom. The van der Waals surface area contributed by atoms with E-state index in [-0.39, 0.29) is 29.7 Å². The summed E-state index contributed by atoms with van der Waals surface area (Å²) < 4.78 is 4.68. The molecule has 7 nitrogen and oxygen atoms in total. The molecule has 1 heterocycles. The molecule has 1 aromatic carbocycles. The molecule has 1 saturated heterocycles. The minimum Gasteiger partial charge on any atom is -0.469 e. The number of hydrogen-bond acceptors (Lipinski definition) is 4. The summed E-state index contributed by atoms with van der Waals surface area (Å²) >= 11 is 0. The van der Waals surface area contributed by atoms with Gasteiger partial charge < -0.3 is 19.9 Å². The van der Waals surface area contributed by atoms with Gasteiger partial charge in [0.2, 0.25) is 5.91 Å². The molecule has 2 fully saturated rings. The third-order valence-corrected chi connectivity index (χ3v) is 4.76. The van der Waals surface area contributed by atoms with Gasteiger partial charge in [-0.2, -0.15) is 0 Å². The summed E-state index contributed by atoms with van der Waals surface area (Å²) in [6.45, 7) is 3.92. The molecule has 0 bridgehead atoms. The van der Waals surface area contributed by atoms with Crippen LogP contribution in [0.5, 0.6) is 0 Å². The summed E-state index contributed by atoms with van der Waals surface area (Å²) in [6, 6.07) is 7.48. The summed E-state index contributed by atoms with van der Waals surface area (Å²) in [7, 11) is 1.34. The van der Waals surface area contributed by atoms with Crippen LogP contribution >= 0.6 is 0 Å². The molecule has 0 aromatic heterocycles. The van der Waals surface area contributed by atoms with E-state index in [0.29, 0.717) is 32.6 Å². The number of nitrogens with one attached hydrogen (secondary N) is 1. The largest absolute Gasteiger partial charge is 0.469 e. The molecule has 1 aliphatic carbocycles. The first-order valence-corrected chi connectivity index (χ1v) is 8.49. The van der Waals surface area contributed by atoms with Crippen LogP contribution in [0.15, 0.2) is 24.3 Å². The van der Waals surface area contributed by atoms with E-state index in [4.69, 9.17) is 0 Å². The second-order valence-electron chi connectivity index (χ2n) is 6.58. The Morgan fingerprint density at radius 2 is 1.76 bits per heavy atom. The Bertz CT molecular complexity index is 683. The van der Waals surface area contributed by atoms with Gasteiger partial charge in [-0.3, -0.25) is 9.59 Å². The van der Waals surface area contributed by atoms with Crippen LogP contribution in [0.3, 0.4) is 0 Å². The van der Waals surface area contributed by atoms with Gasteiger partial charge in [0, 0.05) is 31.9 Å². The van der Waals surface area contributed by atoms with Gasteiger partial charge in [-0.25, -0.2) is 4.79 Å². The Labute approximate surface area is 146 Å². The summed E-state index contributed by atoms with van der Waals surface area (Å²) in [5.74, 6) is -0.857. The molecular weight excluding hydrogens is 322 g/mol. The summed E-state index contributed by atoms with van der Waals surface area (Å²) in [4.78, 5) is 39.6. The lowest BCUT2D eigenvalue weighted by Gasteiger charge is -2.35. The molecule has 2 aliphatic rings. The zero-order valence-corrected chi connectivity index (χ0v) is 14.5. The molecule has 3 rings (SSSR count). The molecule has 134 valence electrons.